The van der Waals surface area contributed by atoms with E-state index in [1.807, 2.05) is 0 Å². The van der Waals surface area contributed by atoms with Crippen LogP contribution in [0.3, 0.4) is 0 Å². The van der Waals surface area contributed by atoms with Gasteiger partial charge in [0.15, 0.2) is 0 Å². The van der Waals surface area contributed by atoms with Gasteiger partial charge in [0.1, 0.15) is 5.82 Å². The molecule has 1 aliphatic carbocycles. The van der Waals surface area contributed by atoms with E-state index in [1.165, 1.54) is 29.5 Å². The van der Waals surface area contributed by atoms with E-state index >= 15 is 0 Å². The summed E-state index contributed by atoms with van der Waals surface area (Å²) in [6.07, 6.45) is 4.06. The number of hydrogen-bond acceptors (Lipinski definition) is 4. The molecule has 1 aliphatic heterocycles. The Kier molecular flexibility index (Phi) is 6.54. The number of carbonyl (C=O) groups excluding carboxylic acids is 1. The van der Waals surface area contributed by atoms with Crippen LogP contribution in [0.25, 0.3) is 11.3 Å². The van der Waals surface area contributed by atoms with Crippen molar-refractivity contribution in [1.82, 2.24) is 9.88 Å². The average Bonchev–Trinajstić information content (AvgIpc) is 2.82. The van der Waals surface area contributed by atoms with Crippen molar-refractivity contribution in [1.29, 1.82) is 0 Å². The molecule has 0 saturated carbocycles. The summed E-state index contributed by atoms with van der Waals surface area (Å²) in [6, 6.07) is 13.2. The van der Waals surface area contributed by atoms with Crippen LogP contribution in [-0.2, 0) is 15.6 Å². The second-order valence-electron chi connectivity index (χ2n) is 11.2. The number of anilines is 1. The molecule has 4 rings (SSSR count). The molecule has 0 unspecified atom stereocenters. The molecule has 178 valence electrons. The Hall–Kier alpha value is -2.40. The number of fused-ring (bicyclic) bond motifs is 1. The number of nitrogens with zero attached hydrogens (tertiary/aromatic N) is 3. The minimum atomic E-state index is 0.00910. The van der Waals surface area contributed by atoms with Crippen molar-refractivity contribution in [3.8, 4) is 11.3 Å². The highest BCUT2D eigenvalue weighted by atomic mass is 16.3. The van der Waals surface area contributed by atoms with Crippen molar-refractivity contribution < 1.29 is 9.90 Å². The maximum Gasteiger partial charge on any atom is 0.225 e. The highest BCUT2D eigenvalue weighted by Crippen LogP contribution is 2.46. The molecule has 0 atom stereocenters. The van der Waals surface area contributed by atoms with E-state index in [9.17, 15) is 4.79 Å². The van der Waals surface area contributed by atoms with Crippen molar-refractivity contribution in [3.05, 3.63) is 47.5 Å². The average molecular weight is 450 g/mol. The second-order valence-corrected chi connectivity index (χ2v) is 11.2. The molecule has 5 heteroatoms. The number of hydrogen-bond donors (Lipinski definition) is 1. The number of amides is 1. The minimum Gasteiger partial charge on any atom is -0.395 e. The van der Waals surface area contributed by atoms with Gasteiger partial charge in [-0.1, -0.05) is 45.9 Å². The Bertz CT molecular complexity index is 1010. The Labute approximate surface area is 198 Å². The SMILES string of the molecule is CN(CCO)C(=O)C1CCN(c2cccc(-c3ccc4c(c3)C(C)(C)CCC4(C)C)n2)CC1. The standard InChI is InChI=1S/C28H39N3O2/c1-27(2)13-14-28(3,4)23-19-21(9-10-22(23)27)24-7-6-8-25(29-24)31-15-11-20(12-16-31)26(33)30(5)17-18-32/h6-10,19-20,32H,11-18H2,1-5H3. The molecule has 2 heterocycles. The quantitative estimate of drug-likeness (QED) is 0.715. The number of pyridine rings is 1. The van der Waals surface area contributed by atoms with E-state index in [0.717, 1.165) is 37.4 Å². The summed E-state index contributed by atoms with van der Waals surface area (Å²) in [5, 5.41) is 9.10. The van der Waals surface area contributed by atoms with Gasteiger partial charge in [0.05, 0.1) is 12.3 Å². The van der Waals surface area contributed by atoms with E-state index in [2.05, 4.69) is 69.0 Å². The summed E-state index contributed by atoms with van der Waals surface area (Å²) in [7, 11) is 1.77. The fourth-order valence-electron chi connectivity index (χ4n) is 5.44. The van der Waals surface area contributed by atoms with E-state index in [-0.39, 0.29) is 29.3 Å². The van der Waals surface area contributed by atoms with Crippen LogP contribution in [0.1, 0.15) is 64.5 Å². The van der Waals surface area contributed by atoms with Gasteiger partial charge in [-0.05, 0) is 65.8 Å². The van der Waals surface area contributed by atoms with Crippen molar-refractivity contribution >= 4 is 11.7 Å². The third-order valence-electron chi connectivity index (χ3n) is 7.86. The minimum absolute atomic E-state index is 0.00910. The lowest BCUT2D eigenvalue weighted by molar-refractivity contribution is -0.135. The molecule has 1 N–H and O–H groups in total. The zero-order chi connectivity index (χ0) is 23.8. The van der Waals surface area contributed by atoms with Gasteiger partial charge in [-0.15, -0.1) is 0 Å². The summed E-state index contributed by atoms with van der Waals surface area (Å²) < 4.78 is 0. The van der Waals surface area contributed by atoms with Gasteiger partial charge in [-0.25, -0.2) is 4.98 Å². The molecule has 1 aromatic carbocycles. The van der Waals surface area contributed by atoms with Gasteiger partial charge in [0.25, 0.3) is 0 Å². The maximum atomic E-state index is 12.6. The molecule has 2 aliphatic rings. The Morgan fingerprint density at radius 1 is 1.06 bits per heavy atom. The number of rotatable bonds is 5. The molecule has 33 heavy (non-hydrogen) atoms. The van der Waals surface area contributed by atoms with Crippen LogP contribution in [0.4, 0.5) is 5.82 Å². The number of aliphatic hydroxyl groups excluding tert-OH is 1. The first kappa shape index (κ1) is 23.7. The monoisotopic (exact) mass is 449 g/mol. The molecule has 1 aromatic heterocycles. The first-order valence-electron chi connectivity index (χ1n) is 12.4. The topological polar surface area (TPSA) is 56.7 Å². The van der Waals surface area contributed by atoms with Crippen LogP contribution in [-0.4, -0.2) is 54.2 Å². The zero-order valence-corrected chi connectivity index (χ0v) is 20.9. The Balaban J connectivity index is 1.52. The Morgan fingerprint density at radius 3 is 2.39 bits per heavy atom. The van der Waals surface area contributed by atoms with Crippen molar-refractivity contribution in [2.75, 3.05) is 38.2 Å². The summed E-state index contributed by atoms with van der Waals surface area (Å²) in [6.45, 7) is 11.5. The number of likely N-dealkylation sites (N-methyl/N-ethyl adjacent to an activating group) is 1. The maximum absolute atomic E-state index is 12.6. The van der Waals surface area contributed by atoms with E-state index in [0.29, 0.717) is 6.54 Å². The first-order chi connectivity index (χ1) is 15.6. The first-order valence-corrected chi connectivity index (χ1v) is 12.4. The summed E-state index contributed by atoms with van der Waals surface area (Å²) in [5.41, 5.74) is 5.50. The number of aliphatic hydroxyl groups is 1. The van der Waals surface area contributed by atoms with Crippen LogP contribution >= 0.6 is 0 Å². The molecule has 0 radical (unpaired) electrons. The van der Waals surface area contributed by atoms with E-state index < -0.39 is 0 Å². The zero-order valence-electron chi connectivity index (χ0n) is 20.9. The molecule has 1 fully saturated rings. The molecule has 1 amide bonds. The smallest absolute Gasteiger partial charge is 0.225 e. The summed E-state index contributed by atoms with van der Waals surface area (Å²) >= 11 is 0. The van der Waals surface area contributed by atoms with Gasteiger partial charge in [0, 0.05) is 38.2 Å². The second kappa shape index (κ2) is 9.09. The van der Waals surface area contributed by atoms with Crippen molar-refractivity contribution in [2.24, 2.45) is 5.92 Å². The molecule has 0 spiro atoms. The fourth-order valence-corrected chi connectivity index (χ4v) is 5.44. The van der Waals surface area contributed by atoms with Gasteiger partial charge in [-0.2, -0.15) is 0 Å². The Morgan fingerprint density at radius 2 is 1.73 bits per heavy atom. The molecular weight excluding hydrogens is 410 g/mol. The van der Waals surface area contributed by atoms with Gasteiger partial charge >= 0.3 is 0 Å². The third-order valence-corrected chi connectivity index (χ3v) is 7.86. The van der Waals surface area contributed by atoms with Crippen LogP contribution in [0.15, 0.2) is 36.4 Å². The van der Waals surface area contributed by atoms with E-state index in [1.54, 1.807) is 11.9 Å². The fraction of sp³-hybridized carbons (Fsp3) is 0.571. The predicted octanol–water partition coefficient (Wildman–Crippen LogP) is 4.76. The van der Waals surface area contributed by atoms with E-state index in [4.69, 9.17) is 10.1 Å². The lowest BCUT2D eigenvalue weighted by Crippen LogP contribution is -2.42. The van der Waals surface area contributed by atoms with Gasteiger partial charge in [-0.3, -0.25) is 4.79 Å². The molecule has 5 nitrogen and oxygen atoms in total. The molecular formula is C28H39N3O2. The lowest BCUT2D eigenvalue weighted by atomic mass is 9.63. The van der Waals surface area contributed by atoms with Crippen molar-refractivity contribution in [2.45, 2.75) is 64.2 Å². The van der Waals surface area contributed by atoms with Gasteiger partial charge < -0.3 is 14.9 Å². The highest BCUT2D eigenvalue weighted by Gasteiger charge is 2.37. The van der Waals surface area contributed by atoms with Crippen LogP contribution < -0.4 is 4.90 Å². The van der Waals surface area contributed by atoms with Gasteiger partial charge in [0.2, 0.25) is 5.91 Å². The summed E-state index contributed by atoms with van der Waals surface area (Å²) in [4.78, 5) is 21.5. The van der Waals surface area contributed by atoms with Crippen LogP contribution in [0.5, 0.6) is 0 Å². The third kappa shape index (κ3) is 4.79. The number of piperidine rings is 1. The lowest BCUT2D eigenvalue weighted by Gasteiger charge is -2.42. The molecule has 2 aromatic rings. The number of aromatic nitrogens is 1. The predicted molar refractivity (Wildman–Crippen MR) is 135 cm³/mol. The largest absolute Gasteiger partial charge is 0.395 e. The normalized spacial score (nSPS) is 19.8. The van der Waals surface area contributed by atoms with Crippen LogP contribution in [0, 0.1) is 5.92 Å². The highest BCUT2D eigenvalue weighted by molar-refractivity contribution is 5.79. The van der Waals surface area contributed by atoms with Crippen molar-refractivity contribution in [3.63, 3.8) is 0 Å². The van der Waals surface area contributed by atoms with Crippen LogP contribution in [0.2, 0.25) is 0 Å². The number of benzene rings is 1. The number of carbonyl (C=O) groups is 1. The molecule has 1 saturated heterocycles. The summed E-state index contributed by atoms with van der Waals surface area (Å²) in [5.74, 6) is 1.16. The molecule has 0 bridgehead atoms.